The molecule has 26 heavy (non-hydrogen) atoms. The first-order valence-electron chi connectivity index (χ1n) is 8.57. The van der Waals surface area contributed by atoms with E-state index in [1.807, 2.05) is 31.2 Å². The molecule has 2 aromatic carbocycles. The molecule has 0 fully saturated rings. The van der Waals surface area contributed by atoms with Crippen LogP contribution in [-0.2, 0) is 11.2 Å². The number of benzene rings is 2. The molecular weight excluding hydrogens is 346 g/mol. The molecule has 0 radical (unpaired) electrons. The van der Waals surface area contributed by atoms with E-state index in [2.05, 4.69) is 27.4 Å². The topological polar surface area (TPSA) is 74.8 Å². The minimum Gasteiger partial charge on any atom is -0.353 e. The highest BCUT2D eigenvalue weighted by Gasteiger charge is 2.10. The van der Waals surface area contributed by atoms with Crippen LogP contribution in [0.15, 0.2) is 64.5 Å². The van der Waals surface area contributed by atoms with Gasteiger partial charge in [-0.2, -0.15) is 0 Å². The van der Waals surface area contributed by atoms with Gasteiger partial charge in [0.15, 0.2) is 5.16 Å². The van der Waals surface area contributed by atoms with Crippen molar-refractivity contribution < 1.29 is 4.79 Å². The number of nitrogens with zero attached hydrogens (tertiary/aromatic N) is 1. The van der Waals surface area contributed by atoms with Crippen LogP contribution in [0.25, 0.3) is 10.9 Å². The lowest BCUT2D eigenvalue weighted by Crippen LogP contribution is -2.34. The van der Waals surface area contributed by atoms with Gasteiger partial charge >= 0.3 is 0 Å². The van der Waals surface area contributed by atoms with Gasteiger partial charge in [-0.25, -0.2) is 4.98 Å². The number of nitrogens with one attached hydrogen (secondary N) is 2. The first kappa shape index (κ1) is 18.2. The van der Waals surface area contributed by atoms with Crippen molar-refractivity contribution in [3.05, 3.63) is 70.5 Å². The number of amides is 1. The number of para-hydroxylation sites is 1. The number of H-pyrrole nitrogens is 1. The molecule has 1 atom stereocenters. The number of hydrogen-bond donors (Lipinski definition) is 2. The number of aromatic amines is 1. The van der Waals surface area contributed by atoms with E-state index in [1.54, 1.807) is 18.2 Å². The summed E-state index contributed by atoms with van der Waals surface area (Å²) < 4.78 is 0. The molecule has 0 bridgehead atoms. The fourth-order valence-electron chi connectivity index (χ4n) is 2.68. The van der Waals surface area contributed by atoms with Gasteiger partial charge in [0.05, 0.1) is 16.7 Å². The van der Waals surface area contributed by atoms with E-state index in [0.29, 0.717) is 16.1 Å². The zero-order valence-electron chi connectivity index (χ0n) is 14.6. The molecule has 0 aliphatic carbocycles. The van der Waals surface area contributed by atoms with Crippen LogP contribution in [0.3, 0.4) is 0 Å². The molecule has 0 saturated heterocycles. The molecule has 0 saturated carbocycles. The number of fused-ring (bicyclic) bond motifs is 1. The van der Waals surface area contributed by atoms with E-state index in [9.17, 15) is 9.59 Å². The molecule has 3 aromatic rings. The summed E-state index contributed by atoms with van der Waals surface area (Å²) in [5.41, 5.74) is 1.71. The van der Waals surface area contributed by atoms with Crippen LogP contribution in [0.5, 0.6) is 0 Å². The van der Waals surface area contributed by atoms with Crippen molar-refractivity contribution >= 4 is 28.6 Å². The molecule has 0 unspecified atom stereocenters. The second-order valence-corrected chi connectivity index (χ2v) is 7.13. The molecule has 0 spiro atoms. The van der Waals surface area contributed by atoms with E-state index in [1.165, 1.54) is 17.3 Å². The first-order valence-corrected chi connectivity index (χ1v) is 9.55. The number of rotatable bonds is 7. The van der Waals surface area contributed by atoms with Gasteiger partial charge in [-0.05, 0) is 37.5 Å². The smallest absolute Gasteiger partial charge is 0.259 e. The molecule has 1 heterocycles. The van der Waals surface area contributed by atoms with Crippen molar-refractivity contribution in [2.24, 2.45) is 0 Å². The van der Waals surface area contributed by atoms with Gasteiger partial charge in [0.2, 0.25) is 5.91 Å². The lowest BCUT2D eigenvalue weighted by Gasteiger charge is -2.13. The quantitative estimate of drug-likeness (QED) is 0.497. The second-order valence-electron chi connectivity index (χ2n) is 6.17. The lowest BCUT2D eigenvalue weighted by molar-refractivity contribution is -0.119. The van der Waals surface area contributed by atoms with Crippen LogP contribution in [-0.4, -0.2) is 27.7 Å². The summed E-state index contributed by atoms with van der Waals surface area (Å²) >= 11 is 1.24. The Kier molecular flexibility index (Phi) is 6.07. The third kappa shape index (κ3) is 4.95. The molecule has 5 nitrogen and oxygen atoms in total. The minimum atomic E-state index is -0.185. The summed E-state index contributed by atoms with van der Waals surface area (Å²) in [6, 6.07) is 17.5. The highest BCUT2D eigenvalue weighted by Crippen LogP contribution is 2.14. The first-order chi connectivity index (χ1) is 12.6. The summed E-state index contributed by atoms with van der Waals surface area (Å²) in [7, 11) is 0. The van der Waals surface area contributed by atoms with Crippen molar-refractivity contribution in [2.75, 3.05) is 5.75 Å². The summed E-state index contributed by atoms with van der Waals surface area (Å²) in [6.45, 7) is 2.00. The Morgan fingerprint density at radius 2 is 1.88 bits per heavy atom. The fraction of sp³-hybridized carbons (Fsp3) is 0.250. The van der Waals surface area contributed by atoms with E-state index >= 15 is 0 Å². The van der Waals surface area contributed by atoms with Crippen molar-refractivity contribution in [3.8, 4) is 0 Å². The van der Waals surface area contributed by atoms with Crippen LogP contribution in [0.4, 0.5) is 0 Å². The summed E-state index contributed by atoms with van der Waals surface area (Å²) in [4.78, 5) is 31.3. The Hall–Kier alpha value is -2.60. The predicted molar refractivity (Wildman–Crippen MR) is 105 cm³/mol. The van der Waals surface area contributed by atoms with Crippen LogP contribution in [0.2, 0.25) is 0 Å². The Balaban J connectivity index is 1.50. The van der Waals surface area contributed by atoms with Gasteiger partial charge in [0.1, 0.15) is 0 Å². The molecule has 6 heteroatoms. The third-order valence-corrected chi connectivity index (χ3v) is 4.92. The summed E-state index contributed by atoms with van der Waals surface area (Å²) in [6.07, 6.45) is 1.81. The Morgan fingerprint density at radius 1 is 1.15 bits per heavy atom. The minimum absolute atomic E-state index is 0.0635. The van der Waals surface area contributed by atoms with Crippen molar-refractivity contribution in [1.29, 1.82) is 0 Å². The summed E-state index contributed by atoms with van der Waals surface area (Å²) in [5, 5.41) is 4.00. The fourth-order valence-corrected chi connectivity index (χ4v) is 3.36. The van der Waals surface area contributed by atoms with Crippen LogP contribution < -0.4 is 10.9 Å². The molecule has 3 rings (SSSR count). The number of carbonyl (C=O) groups excluding carboxylic acids is 1. The highest BCUT2D eigenvalue weighted by molar-refractivity contribution is 7.99. The number of carbonyl (C=O) groups is 1. The normalized spacial score (nSPS) is 12.0. The van der Waals surface area contributed by atoms with Gasteiger partial charge in [0, 0.05) is 6.04 Å². The maximum atomic E-state index is 12.1. The number of thioether (sulfide) groups is 1. The average Bonchev–Trinajstić information content (AvgIpc) is 2.66. The van der Waals surface area contributed by atoms with Gasteiger partial charge in [-0.1, -0.05) is 54.2 Å². The Labute approximate surface area is 156 Å². The number of aromatic nitrogens is 2. The van der Waals surface area contributed by atoms with E-state index in [4.69, 9.17) is 0 Å². The van der Waals surface area contributed by atoms with Gasteiger partial charge in [-0.3, -0.25) is 9.59 Å². The molecule has 134 valence electrons. The number of hydrogen-bond acceptors (Lipinski definition) is 4. The largest absolute Gasteiger partial charge is 0.353 e. The molecular formula is C20H21N3O2S. The van der Waals surface area contributed by atoms with Crippen molar-refractivity contribution in [2.45, 2.75) is 31.0 Å². The zero-order valence-corrected chi connectivity index (χ0v) is 15.4. The predicted octanol–water partition coefficient (Wildman–Crippen LogP) is 3.15. The monoisotopic (exact) mass is 367 g/mol. The van der Waals surface area contributed by atoms with Crippen LogP contribution in [0, 0.1) is 0 Å². The molecule has 0 aliphatic heterocycles. The molecule has 1 aromatic heterocycles. The lowest BCUT2D eigenvalue weighted by atomic mass is 10.1. The standard InChI is InChI=1S/C20H21N3O2S/c1-14(11-12-15-7-3-2-4-8-15)21-18(24)13-26-20-22-17-10-6-5-9-16(17)19(25)23-20/h2-10,14H,11-13H2,1H3,(H,21,24)(H,22,23,25)/t14-/m1/s1. The van der Waals surface area contributed by atoms with Gasteiger partial charge in [0.25, 0.3) is 5.56 Å². The maximum Gasteiger partial charge on any atom is 0.259 e. The van der Waals surface area contributed by atoms with Gasteiger partial charge < -0.3 is 10.3 Å². The highest BCUT2D eigenvalue weighted by atomic mass is 32.2. The van der Waals surface area contributed by atoms with Crippen molar-refractivity contribution in [1.82, 2.24) is 15.3 Å². The Morgan fingerprint density at radius 3 is 2.69 bits per heavy atom. The van der Waals surface area contributed by atoms with Crippen molar-refractivity contribution in [3.63, 3.8) is 0 Å². The third-order valence-electron chi connectivity index (χ3n) is 4.05. The molecule has 0 aliphatic rings. The Bertz CT molecular complexity index is 940. The van der Waals surface area contributed by atoms with Gasteiger partial charge in [-0.15, -0.1) is 0 Å². The maximum absolute atomic E-state index is 12.1. The van der Waals surface area contributed by atoms with E-state index in [-0.39, 0.29) is 23.3 Å². The SMILES string of the molecule is C[C@H](CCc1ccccc1)NC(=O)CSc1nc2ccccc2c(=O)[nH]1. The molecule has 2 N–H and O–H groups in total. The summed E-state index contributed by atoms with van der Waals surface area (Å²) in [5.74, 6) is 0.156. The van der Waals surface area contributed by atoms with E-state index < -0.39 is 0 Å². The number of aryl methyl sites for hydroxylation is 1. The van der Waals surface area contributed by atoms with Crippen LogP contribution in [0.1, 0.15) is 18.9 Å². The van der Waals surface area contributed by atoms with E-state index in [0.717, 1.165) is 12.8 Å². The second kappa shape index (κ2) is 8.67. The molecule has 1 amide bonds. The average molecular weight is 367 g/mol. The van der Waals surface area contributed by atoms with Crippen LogP contribution >= 0.6 is 11.8 Å². The zero-order chi connectivity index (χ0) is 18.4.